The zero-order chi connectivity index (χ0) is 14.4. The van der Waals surface area contributed by atoms with Crippen molar-refractivity contribution in [1.82, 2.24) is 5.32 Å². The Labute approximate surface area is 125 Å². The van der Waals surface area contributed by atoms with Crippen LogP contribution in [0.25, 0.3) is 0 Å². The highest BCUT2D eigenvalue weighted by Crippen LogP contribution is 2.22. The van der Waals surface area contributed by atoms with E-state index < -0.39 is 0 Å². The number of rotatable bonds is 6. The molecule has 0 amide bonds. The molecule has 0 bridgehead atoms. The van der Waals surface area contributed by atoms with E-state index in [1.165, 1.54) is 11.1 Å². The minimum atomic E-state index is 0.217. The minimum absolute atomic E-state index is 0.217. The van der Waals surface area contributed by atoms with E-state index in [4.69, 9.17) is 16.3 Å². The Morgan fingerprint density at radius 2 is 1.85 bits per heavy atom. The van der Waals surface area contributed by atoms with Crippen molar-refractivity contribution in [2.45, 2.75) is 26.1 Å². The van der Waals surface area contributed by atoms with Crippen LogP contribution in [0.1, 0.15) is 29.7 Å². The molecule has 0 aromatic heterocycles. The summed E-state index contributed by atoms with van der Waals surface area (Å²) in [5.74, 6) is 0. The summed E-state index contributed by atoms with van der Waals surface area (Å²) in [4.78, 5) is 0. The molecule has 1 N–H and O–H groups in total. The molecule has 2 rings (SSSR count). The van der Waals surface area contributed by atoms with E-state index in [1.54, 1.807) is 7.11 Å². The summed E-state index contributed by atoms with van der Waals surface area (Å²) in [6.45, 7) is 3.58. The molecule has 3 heteroatoms. The maximum atomic E-state index is 6.21. The van der Waals surface area contributed by atoms with Crippen LogP contribution in [0.15, 0.2) is 48.5 Å². The molecule has 2 aromatic rings. The molecular weight excluding hydrogens is 270 g/mol. The molecule has 0 fully saturated rings. The van der Waals surface area contributed by atoms with Crippen LogP contribution in [0.3, 0.4) is 0 Å². The lowest BCUT2D eigenvalue weighted by molar-refractivity contribution is 0.185. The second kappa shape index (κ2) is 7.44. The zero-order valence-electron chi connectivity index (χ0n) is 11.9. The van der Waals surface area contributed by atoms with Crippen molar-refractivity contribution >= 4 is 11.6 Å². The SMILES string of the molecule is COCc1cccc(CN[C@H](C)c2ccccc2Cl)c1. The smallest absolute Gasteiger partial charge is 0.0713 e. The summed E-state index contributed by atoms with van der Waals surface area (Å²) in [5, 5.41) is 4.31. The number of hydrogen-bond acceptors (Lipinski definition) is 2. The molecule has 20 heavy (non-hydrogen) atoms. The van der Waals surface area contributed by atoms with Gasteiger partial charge in [-0.2, -0.15) is 0 Å². The summed E-state index contributed by atoms with van der Waals surface area (Å²) in [6.07, 6.45) is 0. The lowest BCUT2D eigenvalue weighted by Gasteiger charge is -2.16. The Balaban J connectivity index is 1.98. The highest BCUT2D eigenvalue weighted by atomic mass is 35.5. The first kappa shape index (κ1) is 15.0. The Hall–Kier alpha value is -1.35. The number of hydrogen-bond donors (Lipinski definition) is 1. The minimum Gasteiger partial charge on any atom is -0.380 e. The van der Waals surface area contributed by atoms with Crippen LogP contribution in [0.2, 0.25) is 5.02 Å². The first-order chi connectivity index (χ1) is 9.70. The van der Waals surface area contributed by atoms with E-state index in [1.807, 2.05) is 18.2 Å². The highest BCUT2D eigenvalue weighted by molar-refractivity contribution is 6.31. The molecule has 0 aliphatic rings. The van der Waals surface area contributed by atoms with Crippen molar-refractivity contribution in [3.05, 3.63) is 70.2 Å². The predicted octanol–water partition coefficient (Wildman–Crippen LogP) is 4.34. The van der Waals surface area contributed by atoms with Gasteiger partial charge in [0, 0.05) is 24.7 Å². The van der Waals surface area contributed by atoms with E-state index in [-0.39, 0.29) is 6.04 Å². The van der Waals surface area contributed by atoms with Crippen molar-refractivity contribution in [2.75, 3.05) is 7.11 Å². The Morgan fingerprint density at radius 1 is 1.10 bits per heavy atom. The molecule has 0 radical (unpaired) electrons. The van der Waals surface area contributed by atoms with E-state index in [0.29, 0.717) is 6.61 Å². The summed E-state index contributed by atoms with van der Waals surface area (Å²) in [6, 6.07) is 16.6. The fraction of sp³-hybridized carbons (Fsp3) is 0.294. The zero-order valence-corrected chi connectivity index (χ0v) is 12.7. The molecule has 0 unspecified atom stereocenters. The van der Waals surface area contributed by atoms with Crippen LogP contribution in [-0.2, 0) is 17.9 Å². The molecule has 0 saturated carbocycles. The molecule has 0 heterocycles. The van der Waals surface area contributed by atoms with Gasteiger partial charge in [0.05, 0.1) is 6.61 Å². The normalized spacial score (nSPS) is 12.3. The quantitative estimate of drug-likeness (QED) is 0.854. The molecule has 106 valence electrons. The number of halogens is 1. The number of methoxy groups -OCH3 is 1. The highest BCUT2D eigenvalue weighted by Gasteiger charge is 2.08. The van der Waals surface area contributed by atoms with Crippen molar-refractivity contribution < 1.29 is 4.74 Å². The van der Waals surface area contributed by atoms with Crippen molar-refractivity contribution in [3.63, 3.8) is 0 Å². The summed E-state index contributed by atoms with van der Waals surface area (Å²) >= 11 is 6.21. The van der Waals surface area contributed by atoms with Gasteiger partial charge in [-0.15, -0.1) is 0 Å². The summed E-state index contributed by atoms with van der Waals surface area (Å²) < 4.78 is 5.16. The topological polar surface area (TPSA) is 21.3 Å². The lowest BCUT2D eigenvalue weighted by Crippen LogP contribution is -2.18. The third kappa shape index (κ3) is 4.07. The molecule has 2 nitrogen and oxygen atoms in total. The predicted molar refractivity (Wildman–Crippen MR) is 83.9 cm³/mol. The molecular formula is C17H20ClNO. The molecule has 0 spiro atoms. The van der Waals surface area contributed by atoms with Crippen LogP contribution in [0.5, 0.6) is 0 Å². The molecule has 1 atom stereocenters. The van der Waals surface area contributed by atoms with Crippen LogP contribution in [0.4, 0.5) is 0 Å². The first-order valence-corrected chi connectivity index (χ1v) is 7.13. The third-order valence-corrected chi connectivity index (χ3v) is 3.63. The molecule has 0 saturated heterocycles. The second-order valence-electron chi connectivity index (χ2n) is 4.88. The van der Waals surface area contributed by atoms with Crippen molar-refractivity contribution in [2.24, 2.45) is 0 Å². The monoisotopic (exact) mass is 289 g/mol. The third-order valence-electron chi connectivity index (χ3n) is 3.29. The molecule has 0 aliphatic carbocycles. The Bertz CT molecular complexity index is 556. The number of nitrogens with one attached hydrogen (secondary N) is 1. The second-order valence-corrected chi connectivity index (χ2v) is 5.28. The van der Waals surface area contributed by atoms with Crippen LogP contribution < -0.4 is 5.32 Å². The van der Waals surface area contributed by atoms with E-state index >= 15 is 0 Å². The average molecular weight is 290 g/mol. The fourth-order valence-corrected chi connectivity index (χ4v) is 2.50. The Kier molecular flexibility index (Phi) is 5.60. The van der Waals surface area contributed by atoms with Crippen LogP contribution in [0, 0.1) is 0 Å². The maximum Gasteiger partial charge on any atom is 0.0713 e. The van der Waals surface area contributed by atoms with Gasteiger partial charge in [0.15, 0.2) is 0 Å². The largest absolute Gasteiger partial charge is 0.380 e. The van der Waals surface area contributed by atoms with Crippen molar-refractivity contribution in [1.29, 1.82) is 0 Å². The van der Waals surface area contributed by atoms with E-state index in [9.17, 15) is 0 Å². The van der Waals surface area contributed by atoms with E-state index in [0.717, 1.165) is 17.1 Å². The fourth-order valence-electron chi connectivity index (χ4n) is 2.20. The summed E-state index contributed by atoms with van der Waals surface area (Å²) in [7, 11) is 1.71. The number of benzene rings is 2. The molecule has 0 aliphatic heterocycles. The van der Waals surface area contributed by atoms with Gasteiger partial charge in [-0.3, -0.25) is 0 Å². The summed E-state index contributed by atoms with van der Waals surface area (Å²) in [5.41, 5.74) is 3.57. The average Bonchev–Trinajstić information content (AvgIpc) is 2.46. The van der Waals surface area contributed by atoms with Gasteiger partial charge >= 0.3 is 0 Å². The van der Waals surface area contributed by atoms with Gasteiger partial charge in [-0.25, -0.2) is 0 Å². The van der Waals surface area contributed by atoms with Crippen LogP contribution in [-0.4, -0.2) is 7.11 Å². The maximum absolute atomic E-state index is 6.21. The standard InChI is InChI=1S/C17H20ClNO/c1-13(16-8-3-4-9-17(16)18)19-11-14-6-5-7-15(10-14)12-20-2/h3-10,13,19H,11-12H2,1-2H3/t13-/m1/s1. The first-order valence-electron chi connectivity index (χ1n) is 6.75. The molecule has 2 aromatic carbocycles. The Morgan fingerprint density at radius 3 is 2.60 bits per heavy atom. The lowest BCUT2D eigenvalue weighted by atomic mass is 10.1. The number of ether oxygens (including phenoxy) is 1. The van der Waals surface area contributed by atoms with Crippen LogP contribution >= 0.6 is 11.6 Å². The van der Waals surface area contributed by atoms with Gasteiger partial charge in [-0.1, -0.05) is 54.1 Å². The van der Waals surface area contributed by atoms with Gasteiger partial charge in [0.2, 0.25) is 0 Å². The van der Waals surface area contributed by atoms with Gasteiger partial charge in [-0.05, 0) is 29.7 Å². The van der Waals surface area contributed by atoms with Crippen molar-refractivity contribution in [3.8, 4) is 0 Å². The van der Waals surface area contributed by atoms with E-state index in [2.05, 4.69) is 42.6 Å². The van der Waals surface area contributed by atoms with Gasteiger partial charge in [0.1, 0.15) is 0 Å². The van der Waals surface area contributed by atoms with Gasteiger partial charge in [0.25, 0.3) is 0 Å². The van der Waals surface area contributed by atoms with Gasteiger partial charge < -0.3 is 10.1 Å².